The maximum absolute atomic E-state index is 12.2. The van der Waals surface area contributed by atoms with Gasteiger partial charge in [0.25, 0.3) is 10.9 Å². The fraction of sp³-hybridized carbons (Fsp3) is 0.208. The lowest BCUT2D eigenvalue weighted by Crippen LogP contribution is -2.42. The van der Waals surface area contributed by atoms with Crippen LogP contribution in [0.2, 0.25) is 0 Å². The summed E-state index contributed by atoms with van der Waals surface area (Å²) >= 11 is 0. The van der Waals surface area contributed by atoms with Crippen molar-refractivity contribution in [2.24, 2.45) is 0 Å². The lowest BCUT2D eigenvalue weighted by Gasteiger charge is -2.26. The molecule has 1 saturated heterocycles. The smallest absolute Gasteiger partial charge is 0.253 e. The van der Waals surface area contributed by atoms with Gasteiger partial charge in [0.1, 0.15) is 17.2 Å². The molecule has 9 heteroatoms. The lowest BCUT2D eigenvalue weighted by molar-refractivity contribution is 0.479. The minimum atomic E-state index is -0.536. The fourth-order valence-corrected chi connectivity index (χ4v) is 3.86. The number of nitrogens with one attached hydrogen (secondary N) is 4. The number of nitrogens with zero attached hydrogens (tertiary/aromatic N) is 3. The van der Waals surface area contributed by atoms with Gasteiger partial charge < -0.3 is 21.3 Å². The Labute approximate surface area is 190 Å². The Bertz CT molecular complexity index is 1310. The molecule has 0 amide bonds. The van der Waals surface area contributed by atoms with Crippen LogP contribution < -0.4 is 32.1 Å². The van der Waals surface area contributed by atoms with Gasteiger partial charge in [0, 0.05) is 30.3 Å². The van der Waals surface area contributed by atoms with Gasteiger partial charge in [-0.25, -0.2) is 4.98 Å². The van der Waals surface area contributed by atoms with Crippen molar-refractivity contribution < 1.29 is 0 Å². The number of hydrogen-bond donors (Lipinski definition) is 4. The van der Waals surface area contributed by atoms with Gasteiger partial charge >= 0.3 is 0 Å². The van der Waals surface area contributed by atoms with E-state index in [1.54, 1.807) is 24.7 Å². The van der Waals surface area contributed by atoms with Gasteiger partial charge in [-0.3, -0.25) is 14.6 Å². The Balaban J connectivity index is 1.28. The molecule has 9 nitrogen and oxygen atoms in total. The number of anilines is 5. The Morgan fingerprint density at radius 2 is 1.48 bits per heavy atom. The summed E-state index contributed by atoms with van der Waals surface area (Å²) < 4.78 is 0. The highest BCUT2D eigenvalue weighted by atomic mass is 16.2. The number of aromatic nitrogens is 3. The van der Waals surface area contributed by atoms with Crippen LogP contribution in [0.5, 0.6) is 0 Å². The highest BCUT2D eigenvalue weighted by Crippen LogP contribution is 2.24. The van der Waals surface area contributed by atoms with E-state index in [9.17, 15) is 9.59 Å². The van der Waals surface area contributed by atoms with Gasteiger partial charge in [-0.15, -0.1) is 0 Å². The van der Waals surface area contributed by atoms with E-state index in [1.165, 1.54) is 0 Å². The summed E-state index contributed by atoms with van der Waals surface area (Å²) in [6.07, 6.45) is 6.92. The summed E-state index contributed by atoms with van der Waals surface area (Å²) in [5.74, 6) is 0.810. The van der Waals surface area contributed by atoms with Crippen molar-refractivity contribution in [3.05, 3.63) is 81.5 Å². The van der Waals surface area contributed by atoms with Crippen LogP contribution in [-0.4, -0.2) is 34.1 Å². The van der Waals surface area contributed by atoms with Crippen LogP contribution in [0.1, 0.15) is 12.8 Å². The predicted octanol–water partition coefficient (Wildman–Crippen LogP) is 2.79. The first kappa shape index (κ1) is 20.8. The van der Waals surface area contributed by atoms with E-state index in [2.05, 4.69) is 36.2 Å². The van der Waals surface area contributed by atoms with Crippen molar-refractivity contribution >= 4 is 28.8 Å². The average molecular weight is 441 g/mol. The Kier molecular flexibility index (Phi) is 5.77. The lowest BCUT2D eigenvalue weighted by atomic mass is 10.0. The largest absolute Gasteiger partial charge is 0.377 e. The van der Waals surface area contributed by atoms with Gasteiger partial charge in [0.2, 0.25) is 5.95 Å². The van der Waals surface area contributed by atoms with Gasteiger partial charge in [0.15, 0.2) is 0 Å². The summed E-state index contributed by atoms with van der Waals surface area (Å²) in [5.41, 5.74) is 2.56. The predicted molar refractivity (Wildman–Crippen MR) is 129 cm³/mol. The molecular weight excluding hydrogens is 418 g/mol. The molecule has 0 spiro atoms. The topological polar surface area (TPSA) is 121 Å². The molecule has 1 aliphatic rings. The quantitative estimate of drug-likeness (QED) is 0.321. The van der Waals surface area contributed by atoms with Crippen molar-refractivity contribution in [2.45, 2.75) is 18.9 Å². The van der Waals surface area contributed by atoms with Gasteiger partial charge in [-0.1, -0.05) is 12.1 Å². The van der Waals surface area contributed by atoms with Crippen LogP contribution in [0.3, 0.4) is 0 Å². The first-order chi connectivity index (χ1) is 16.2. The first-order valence-corrected chi connectivity index (χ1v) is 10.9. The van der Waals surface area contributed by atoms with Crippen LogP contribution in [0, 0.1) is 0 Å². The van der Waals surface area contributed by atoms with Crippen molar-refractivity contribution in [1.29, 1.82) is 0 Å². The standard InChI is InChI=1S/C24H23N7O2/c32-22-20(28-18-7-12-26-13-8-18)21(23(22)33)30-19-9-14-27-24(31-19)29-17-3-1-15(2-4-17)16-5-10-25-11-6-16/h1-6,9-11,14,18,26,28H,7-8,12-13H2,(H2,27,29,30,31). The summed E-state index contributed by atoms with van der Waals surface area (Å²) in [4.78, 5) is 37.0. The van der Waals surface area contributed by atoms with Crippen molar-refractivity contribution in [1.82, 2.24) is 20.3 Å². The normalized spacial score (nSPS) is 14.2. The number of piperidine rings is 1. The van der Waals surface area contributed by atoms with Crippen LogP contribution in [0.15, 0.2) is 70.6 Å². The zero-order valence-corrected chi connectivity index (χ0v) is 17.8. The second kappa shape index (κ2) is 9.17. The number of benzene rings is 1. The van der Waals surface area contributed by atoms with E-state index in [0.29, 0.717) is 17.5 Å². The number of hydrogen-bond acceptors (Lipinski definition) is 9. The molecule has 4 aromatic rings. The molecule has 4 N–H and O–H groups in total. The molecular formula is C24H23N7O2. The molecule has 1 aliphatic heterocycles. The second-order valence-corrected chi connectivity index (χ2v) is 7.91. The van der Waals surface area contributed by atoms with E-state index >= 15 is 0 Å². The van der Waals surface area contributed by atoms with E-state index in [-0.39, 0.29) is 11.7 Å². The summed E-state index contributed by atoms with van der Waals surface area (Å²) in [6.45, 7) is 1.78. The fourth-order valence-electron chi connectivity index (χ4n) is 3.86. The van der Waals surface area contributed by atoms with E-state index in [4.69, 9.17) is 0 Å². The molecule has 2 aromatic carbocycles. The molecule has 0 radical (unpaired) electrons. The summed E-state index contributed by atoms with van der Waals surface area (Å²) in [6, 6.07) is 13.6. The molecule has 166 valence electrons. The molecule has 2 aromatic heterocycles. The van der Waals surface area contributed by atoms with Crippen molar-refractivity contribution in [3.63, 3.8) is 0 Å². The van der Waals surface area contributed by atoms with Gasteiger partial charge in [-0.05, 0) is 67.4 Å². The van der Waals surface area contributed by atoms with Gasteiger partial charge in [0.05, 0.1) is 0 Å². The zero-order valence-electron chi connectivity index (χ0n) is 17.8. The molecule has 0 bridgehead atoms. The molecule has 3 heterocycles. The molecule has 1 fully saturated rings. The average Bonchev–Trinajstić information content (AvgIpc) is 2.88. The SMILES string of the molecule is O=c1c(Nc2ccnc(Nc3ccc(-c4ccncc4)cc3)n2)c(NC2CCNCC2)c1=O. The highest BCUT2D eigenvalue weighted by Gasteiger charge is 2.24. The number of rotatable bonds is 7. The van der Waals surface area contributed by atoms with Crippen LogP contribution >= 0.6 is 0 Å². The maximum atomic E-state index is 12.2. The monoisotopic (exact) mass is 441 g/mol. The minimum absolute atomic E-state index is 0.174. The molecule has 0 atom stereocenters. The molecule has 33 heavy (non-hydrogen) atoms. The number of pyridine rings is 1. The summed E-state index contributed by atoms with van der Waals surface area (Å²) in [5, 5.41) is 12.7. The van der Waals surface area contributed by atoms with E-state index in [1.807, 2.05) is 36.4 Å². The second-order valence-electron chi connectivity index (χ2n) is 7.91. The maximum Gasteiger partial charge on any atom is 0.253 e. The minimum Gasteiger partial charge on any atom is -0.377 e. The first-order valence-electron chi connectivity index (χ1n) is 10.9. The third-order valence-electron chi connectivity index (χ3n) is 5.66. The third kappa shape index (κ3) is 4.58. The van der Waals surface area contributed by atoms with Crippen molar-refractivity contribution in [2.75, 3.05) is 29.0 Å². The van der Waals surface area contributed by atoms with E-state index < -0.39 is 10.9 Å². The Morgan fingerprint density at radius 1 is 0.788 bits per heavy atom. The molecule has 0 aliphatic carbocycles. The Morgan fingerprint density at radius 3 is 2.24 bits per heavy atom. The molecule has 0 saturated carbocycles. The highest BCUT2D eigenvalue weighted by molar-refractivity contribution is 5.78. The third-order valence-corrected chi connectivity index (χ3v) is 5.66. The van der Waals surface area contributed by atoms with Crippen molar-refractivity contribution in [3.8, 4) is 11.1 Å². The van der Waals surface area contributed by atoms with Crippen LogP contribution in [0.25, 0.3) is 11.1 Å². The molecule has 5 rings (SSSR count). The molecule has 0 unspecified atom stereocenters. The van der Waals surface area contributed by atoms with Crippen LogP contribution in [0.4, 0.5) is 28.8 Å². The van der Waals surface area contributed by atoms with Gasteiger partial charge in [-0.2, -0.15) is 4.98 Å². The summed E-state index contributed by atoms with van der Waals surface area (Å²) in [7, 11) is 0. The van der Waals surface area contributed by atoms with E-state index in [0.717, 1.165) is 42.7 Å². The van der Waals surface area contributed by atoms with Crippen LogP contribution in [-0.2, 0) is 0 Å². The Hall–Kier alpha value is -4.11. The zero-order chi connectivity index (χ0) is 22.6.